The number of hydrogen-bond donors (Lipinski definition) is 1. The van der Waals surface area contributed by atoms with Crippen LogP contribution in [0.3, 0.4) is 0 Å². The summed E-state index contributed by atoms with van der Waals surface area (Å²) >= 11 is 0. The molecule has 5 nitrogen and oxygen atoms in total. The molecule has 20 heavy (non-hydrogen) atoms. The fourth-order valence-electron chi connectivity index (χ4n) is 2.62. The molecule has 1 N–H and O–H groups in total. The quantitative estimate of drug-likeness (QED) is 0.853. The monoisotopic (exact) mass is 280 g/mol. The van der Waals surface area contributed by atoms with E-state index in [-0.39, 0.29) is 6.10 Å². The Morgan fingerprint density at radius 1 is 1.55 bits per heavy atom. The van der Waals surface area contributed by atoms with Gasteiger partial charge >= 0.3 is 0 Å². The van der Waals surface area contributed by atoms with Crippen LogP contribution in [0.2, 0.25) is 0 Å². The summed E-state index contributed by atoms with van der Waals surface area (Å²) in [5, 5.41) is 8.08. The fraction of sp³-hybridized carbons (Fsp3) is 0.800. The molecule has 5 heteroatoms. The number of likely N-dealkylation sites (N-methyl/N-ethyl adjacent to an activating group) is 2. The number of morpholine rings is 1. The topological polar surface area (TPSA) is 42.3 Å². The summed E-state index contributed by atoms with van der Waals surface area (Å²) in [7, 11) is 4.16. The summed E-state index contributed by atoms with van der Waals surface area (Å²) in [5.74, 6) is 0. The third-order valence-corrected chi connectivity index (χ3v) is 4.25. The SMILES string of the molecule is CCC(C)n1ccc(CC(NC)C2CN(C)CCO2)n1. The molecular formula is C15H28N4O. The Kier molecular flexibility index (Phi) is 5.57. The lowest BCUT2D eigenvalue weighted by Crippen LogP contribution is -2.51. The fourth-order valence-corrected chi connectivity index (χ4v) is 2.62. The van der Waals surface area contributed by atoms with Gasteiger partial charge in [0.2, 0.25) is 0 Å². The van der Waals surface area contributed by atoms with Crippen LogP contribution in [0.25, 0.3) is 0 Å². The minimum absolute atomic E-state index is 0.243. The van der Waals surface area contributed by atoms with E-state index in [1.165, 1.54) is 0 Å². The highest BCUT2D eigenvalue weighted by Gasteiger charge is 2.26. The molecule has 0 aliphatic carbocycles. The summed E-state index contributed by atoms with van der Waals surface area (Å²) in [6.45, 7) is 7.22. The van der Waals surface area contributed by atoms with E-state index in [0.717, 1.165) is 38.2 Å². The standard InChI is InChI=1S/C15H28N4O/c1-5-12(2)19-7-6-13(17-19)10-14(16-3)15-11-18(4)8-9-20-15/h6-7,12,14-16H,5,8-11H2,1-4H3. The Bertz CT molecular complexity index is 406. The maximum Gasteiger partial charge on any atom is 0.0858 e. The van der Waals surface area contributed by atoms with Crippen molar-refractivity contribution < 1.29 is 4.74 Å². The Balaban J connectivity index is 1.97. The lowest BCUT2D eigenvalue weighted by molar-refractivity contribution is -0.0373. The third kappa shape index (κ3) is 3.81. The predicted octanol–water partition coefficient (Wildman–Crippen LogP) is 1.32. The van der Waals surface area contributed by atoms with Gasteiger partial charge in [-0.3, -0.25) is 4.68 Å². The highest BCUT2D eigenvalue weighted by Crippen LogP contribution is 2.14. The molecule has 0 radical (unpaired) electrons. The van der Waals surface area contributed by atoms with Crippen molar-refractivity contribution in [2.24, 2.45) is 0 Å². The number of aromatic nitrogens is 2. The van der Waals surface area contributed by atoms with Crippen LogP contribution in [0.1, 0.15) is 32.0 Å². The molecule has 0 saturated carbocycles. The Labute approximate surface area is 122 Å². The van der Waals surface area contributed by atoms with Gasteiger partial charge in [0.15, 0.2) is 0 Å². The second-order valence-electron chi connectivity index (χ2n) is 5.82. The van der Waals surface area contributed by atoms with Crippen molar-refractivity contribution in [1.29, 1.82) is 0 Å². The Morgan fingerprint density at radius 2 is 2.35 bits per heavy atom. The average molecular weight is 280 g/mol. The molecule has 0 spiro atoms. The minimum Gasteiger partial charge on any atom is -0.374 e. The first-order chi connectivity index (χ1) is 9.63. The molecule has 3 unspecified atom stereocenters. The van der Waals surface area contributed by atoms with Crippen molar-refractivity contribution in [2.75, 3.05) is 33.8 Å². The largest absolute Gasteiger partial charge is 0.374 e. The summed E-state index contributed by atoms with van der Waals surface area (Å²) < 4.78 is 7.98. The molecule has 1 fully saturated rings. The first-order valence-corrected chi connectivity index (χ1v) is 7.65. The third-order valence-electron chi connectivity index (χ3n) is 4.25. The zero-order chi connectivity index (χ0) is 14.5. The maximum atomic E-state index is 5.91. The van der Waals surface area contributed by atoms with Crippen molar-refractivity contribution in [1.82, 2.24) is 20.0 Å². The van der Waals surface area contributed by atoms with E-state index in [9.17, 15) is 0 Å². The molecule has 0 aromatic carbocycles. The van der Waals surface area contributed by atoms with Crippen LogP contribution in [0, 0.1) is 0 Å². The Morgan fingerprint density at radius 3 is 3.00 bits per heavy atom. The van der Waals surface area contributed by atoms with Crippen molar-refractivity contribution in [2.45, 2.75) is 44.9 Å². The van der Waals surface area contributed by atoms with Crippen molar-refractivity contribution in [3.8, 4) is 0 Å². The van der Waals surface area contributed by atoms with Gasteiger partial charge in [0, 0.05) is 37.8 Å². The molecule has 3 atom stereocenters. The Hall–Kier alpha value is -0.910. The van der Waals surface area contributed by atoms with E-state index in [0.29, 0.717) is 12.1 Å². The van der Waals surface area contributed by atoms with Crippen molar-refractivity contribution in [3.63, 3.8) is 0 Å². The van der Waals surface area contributed by atoms with Crippen LogP contribution in [0.4, 0.5) is 0 Å². The zero-order valence-electron chi connectivity index (χ0n) is 13.2. The molecule has 2 heterocycles. The highest BCUT2D eigenvalue weighted by atomic mass is 16.5. The van der Waals surface area contributed by atoms with Crippen LogP contribution >= 0.6 is 0 Å². The lowest BCUT2D eigenvalue weighted by atomic mass is 10.0. The van der Waals surface area contributed by atoms with E-state index in [1.54, 1.807) is 0 Å². The van der Waals surface area contributed by atoms with E-state index >= 15 is 0 Å². The summed E-state index contributed by atoms with van der Waals surface area (Å²) in [6.07, 6.45) is 4.35. The number of hydrogen-bond acceptors (Lipinski definition) is 4. The van der Waals surface area contributed by atoms with Gasteiger partial charge in [0.25, 0.3) is 0 Å². The van der Waals surface area contributed by atoms with E-state index in [1.807, 2.05) is 7.05 Å². The van der Waals surface area contributed by atoms with Gasteiger partial charge in [-0.2, -0.15) is 5.10 Å². The highest BCUT2D eigenvalue weighted by molar-refractivity contribution is 5.03. The molecule has 114 valence electrons. The first-order valence-electron chi connectivity index (χ1n) is 7.65. The molecular weight excluding hydrogens is 252 g/mol. The van der Waals surface area contributed by atoms with Gasteiger partial charge in [-0.1, -0.05) is 6.92 Å². The van der Waals surface area contributed by atoms with Crippen LogP contribution < -0.4 is 5.32 Å². The summed E-state index contributed by atoms with van der Waals surface area (Å²) in [5.41, 5.74) is 1.14. The van der Waals surface area contributed by atoms with Crippen LogP contribution in [-0.4, -0.2) is 60.6 Å². The van der Waals surface area contributed by atoms with Gasteiger partial charge in [0.1, 0.15) is 0 Å². The van der Waals surface area contributed by atoms with E-state index in [4.69, 9.17) is 9.84 Å². The molecule has 0 bridgehead atoms. The number of rotatable bonds is 6. The van der Waals surface area contributed by atoms with Crippen molar-refractivity contribution in [3.05, 3.63) is 18.0 Å². The minimum atomic E-state index is 0.243. The molecule has 1 aliphatic heterocycles. The normalized spacial score (nSPS) is 23.7. The smallest absolute Gasteiger partial charge is 0.0858 e. The predicted molar refractivity (Wildman–Crippen MR) is 81.0 cm³/mol. The molecule has 1 aromatic rings. The van der Waals surface area contributed by atoms with Gasteiger partial charge in [0.05, 0.1) is 18.4 Å². The van der Waals surface area contributed by atoms with E-state index < -0.39 is 0 Å². The zero-order valence-corrected chi connectivity index (χ0v) is 13.2. The molecule has 1 aromatic heterocycles. The second kappa shape index (κ2) is 7.20. The lowest BCUT2D eigenvalue weighted by Gasteiger charge is -2.34. The molecule has 1 aliphatic rings. The van der Waals surface area contributed by atoms with Gasteiger partial charge in [-0.15, -0.1) is 0 Å². The van der Waals surface area contributed by atoms with Crippen LogP contribution in [0.15, 0.2) is 12.3 Å². The van der Waals surface area contributed by atoms with Crippen molar-refractivity contribution >= 4 is 0 Å². The summed E-state index contributed by atoms with van der Waals surface area (Å²) in [6, 6.07) is 2.91. The number of nitrogens with one attached hydrogen (secondary N) is 1. The molecule has 1 saturated heterocycles. The van der Waals surface area contributed by atoms with Gasteiger partial charge < -0.3 is 15.0 Å². The van der Waals surface area contributed by atoms with E-state index in [2.05, 4.69) is 48.1 Å². The summed E-state index contributed by atoms with van der Waals surface area (Å²) in [4.78, 5) is 2.33. The second-order valence-corrected chi connectivity index (χ2v) is 5.82. The molecule has 0 amide bonds. The first kappa shape index (κ1) is 15.5. The van der Waals surface area contributed by atoms with Gasteiger partial charge in [-0.25, -0.2) is 0 Å². The molecule has 2 rings (SSSR count). The maximum absolute atomic E-state index is 5.91. The van der Waals surface area contributed by atoms with Crippen LogP contribution in [0.5, 0.6) is 0 Å². The van der Waals surface area contributed by atoms with Gasteiger partial charge in [-0.05, 0) is 33.5 Å². The van der Waals surface area contributed by atoms with Crippen LogP contribution in [-0.2, 0) is 11.2 Å². The number of ether oxygens (including phenoxy) is 1. The number of nitrogens with zero attached hydrogens (tertiary/aromatic N) is 3. The average Bonchev–Trinajstić information content (AvgIpc) is 2.92.